The second-order valence-corrected chi connectivity index (χ2v) is 4.90. The Bertz CT molecular complexity index is 262. The molecule has 0 saturated carbocycles. The Morgan fingerprint density at radius 3 is 1.76 bits per heavy atom. The Balaban J connectivity index is 5.06. The molecule has 0 fully saturated rings. The van der Waals surface area contributed by atoms with Crippen LogP contribution in [0.1, 0.15) is 47.0 Å². The molecule has 17 heavy (non-hydrogen) atoms. The summed E-state index contributed by atoms with van der Waals surface area (Å²) in [6.07, 6.45) is 1.50. The quantitative estimate of drug-likeness (QED) is 0.688. The summed E-state index contributed by atoms with van der Waals surface area (Å²) < 4.78 is 0. The standard InChI is InChI=1S/C13H24O4/c1-5-8(3)10(7-11(14)15)12(13(16)17)9(4)6-2/h8-10,12H,5-7H2,1-4H3,(H,14,15)(H,16,17). The van der Waals surface area contributed by atoms with Gasteiger partial charge >= 0.3 is 11.9 Å². The van der Waals surface area contributed by atoms with Gasteiger partial charge in [0, 0.05) is 6.42 Å². The van der Waals surface area contributed by atoms with Crippen molar-refractivity contribution in [1.82, 2.24) is 0 Å². The van der Waals surface area contributed by atoms with Crippen molar-refractivity contribution in [2.24, 2.45) is 23.7 Å². The molecule has 0 aromatic heterocycles. The molecular formula is C13H24O4. The maximum absolute atomic E-state index is 11.4. The molecule has 4 nitrogen and oxygen atoms in total. The molecule has 0 amide bonds. The van der Waals surface area contributed by atoms with Gasteiger partial charge in [0.1, 0.15) is 0 Å². The number of hydrogen-bond donors (Lipinski definition) is 2. The minimum absolute atomic E-state index is 0.00542. The van der Waals surface area contributed by atoms with Crippen molar-refractivity contribution in [3.63, 3.8) is 0 Å². The van der Waals surface area contributed by atoms with Crippen molar-refractivity contribution >= 4 is 11.9 Å². The van der Waals surface area contributed by atoms with Gasteiger partial charge in [-0.15, -0.1) is 0 Å². The summed E-state index contributed by atoms with van der Waals surface area (Å²) in [5.74, 6) is -2.51. The van der Waals surface area contributed by atoms with E-state index in [2.05, 4.69) is 0 Å². The topological polar surface area (TPSA) is 74.6 Å². The van der Waals surface area contributed by atoms with Gasteiger partial charge < -0.3 is 10.2 Å². The molecule has 4 heteroatoms. The fourth-order valence-electron chi connectivity index (χ4n) is 2.29. The van der Waals surface area contributed by atoms with Gasteiger partial charge in [-0.1, -0.05) is 40.5 Å². The Kier molecular flexibility index (Phi) is 6.85. The fraction of sp³-hybridized carbons (Fsp3) is 0.846. The van der Waals surface area contributed by atoms with Crippen LogP contribution in [0.15, 0.2) is 0 Å². The van der Waals surface area contributed by atoms with Crippen molar-refractivity contribution in [2.45, 2.75) is 47.0 Å². The highest BCUT2D eigenvalue weighted by Crippen LogP contribution is 2.33. The number of carboxylic acids is 2. The number of carbonyl (C=O) groups is 2. The number of hydrogen-bond acceptors (Lipinski definition) is 2. The maximum atomic E-state index is 11.4. The summed E-state index contributed by atoms with van der Waals surface area (Å²) in [7, 11) is 0. The molecule has 0 aliphatic heterocycles. The molecule has 2 N–H and O–H groups in total. The smallest absolute Gasteiger partial charge is 0.307 e. The Labute approximate surface area is 103 Å². The second kappa shape index (κ2) is 7.30. The van der Waals surface area contributed by atoms with E-state index in [4.69, 9.17) is 5.11 Å². The van der Waals surface area contributed by atoms with E-state index >= 15 is 0 Å². The lowest BCUT2D eigenvalue weighted by Crippen LogP contribution is -2.34. The van der Waals surface area contributed by atoms with Crippen molar-refractivity contribution in [1.29, 1.82) is 0 Å². The summed E-state index contributed by atoms with van der Waals surface area (Å²) in [5.41, 5.74) is 0. The van der Waals surface area contributed by atoms with Crippen LogP contribution in [0.25, 0.3) is 0 Å². The van der Waals surface area contributed by atoms with E-state index < -0.39 is 17.9 Å². The second-order valence-electron chi connectivity index (χ2n) is 4.90. The zero-order chi connectivity index (χ0) is 13.6. The minimum Gasteiger partial charge on any atom is -0.481 e. The molecule has 0 bridgehead atoms. The normalized spacial score (nSPS) is 18.1. The first-order chi connectivity index (χ1) is 7.84. The number of rotatable bonds is 8. The van der Waals surface area contributed by atoms with E-state index in [0.29, 0.717) is 0 Å². The van der Waals surface area contributed by atoms with E-state index in [1.54, 1.807) is 0 Å². The summed E-state index contributed by atoms with van der Waals surface area (Å²) >= 11 is 0. The van der Waals surface area contributed by atoms with Crippen LogP contribution in [-0.4, -0.2) is 22.2 Å². The third-order valence-corrected chi connectivity index (χ3v) is 3.79. The summed E-state index contributed by atoms with van der Waals surface area (Å²) in [5, 5.41) is 18.2. The van der Waals surface area contributed by atoms with Gasteiger partial charge in [-0.3, -0.25) is 9.59 Å². The Morgan fingerprint density at radius 1 is 1.00 bits per heavy atom. The molecule has 0 aliphatic rings. The molecule has 0 spiro atoms. The molecule has 0 radical (unpaired) electrons. The summed E-state index contributed by atoms with van der Waals surface area (Å²) in [6.45, 7) is 7.73. The van der Waals surface area contributed by atoms with Gasteiger partial charge in [0.15, 0.2) is 0 Å². The molecule has 4 unspecified atom stereocenters. The molecule has 0 saturated heterocycles. The van der Waals surface area contributed by atoms with Crippen molar-refractivity contribution in [3.8, 4) is 0 Å². The fourth-order valence-corrected chi connectivity index (χ4v) is 2.29. The lowest BCUT2D eigenvalue weighted by atomic mass is 9.73. The predicted octanol–water partition coefficient (Wildman–Crippen LogP) is 2.87. The highest BCUT2D eigenvalue weighted by Gasteiger charge is 2.36. The molecule has 0 aromatic rings. The first-order valence-electron chi connectivity index (χ1n) is 6.29. The van der Waals surface area contributed by atoms with E-state index in [1.165, 1.54) is 0 Å². The molecule has 0 rings (SSSR count). The average molecular weight is 244 g/mol. The average Bonchev–Trinajstić information content (AvgIpc) is 2.25. The lowest BCUT2D eigenvalue weighted by Gasteiger charge is -2.31. The SMILES string of the molecule is CCC(C)C(CC(=O)O)C(C(=O)O)C(C)CC. The first-order valence-corrected chi connectivity index (χ1v) is 6.29. The van der Waals surface area contributed by atoms with Crippen molar-refractivity contribution < 1.29 is 19.8 Å². The number of carboxylic acid groups (broad SMARTS) is 2. The van der Waals surface area contributed by atoms with Crippen LogP contribution in [0.5, 0.6) is 0 Å². The van der Waals surface area contributed by atoms with Gasteiger partial charge in [-0.25, -0.2) is 0 Å². The summed E-state index contributed by atoms with van der Waals surface area (Å²) in [6, 6.07) is 0. The third kappa shape index (κ3) is 4.75. The molecule has 0 heterocycles. The summed E-state index contributed by atoms with van der Waals surface area (Å²) in [4.78, 5) is 22.2. The van der Waals surface area contributed by atoms with Gasteiger partial charge in [-0.05, 0) is 17.8 Å². The molecule has 4 atom stereocenters. The Hall–Kier alpha value is -1.06. The van der Waals surface area contributed by atoms with Gasteiger partial charge in [0.05, 0.1) is 5.92 Å². The van der Waals surface area contributed by atoms with Crippen LogP contribution in [0, 0.1) is 23.7 Å². The first kappa shape index (κ1) is 15.9. The highest BCUT2D eigenvalue weighted by atomic mass is 16.4. The van der Waals surface area contributed by atoms with Crippen LogP contribution in [0.4, 0.5) is 0 Å². The van der Waals surface area contributed by atoms with Crippen LogP contribution in [0.2, 0.25) is 0 Å². The van der Waals surface area contributed by atoms with Gasteiger partial charge in [0.25, 0.3) is 0 Å². The van der Waals surface area contributed by atoms with Crippen LogP contribution < -0.4 is 0 Å². The zero-order valence-corrected chi connectivity index (χ0v) is 11.1. The molecule has 0 aromatic carbocycles. The number of aliphatic carboxylic acids is 2. The Morgan fingerprint density at radius 2 is 1.47 bits per heavy atom. The van der Waals surface area contributed by atoms with E-state index in [0.717, 1.165) is 12.8 Å². The third-order valence-electron chi connectivity index (χ3n) is 3.79. The lowest BCUT2D eigenvalue weighted by molar-refractivity contribution is -0.149. The van der Waals surface area contributed by atoms with Crippen LogP contribution in [-0.2, 0) is 9.59 Å². The zero-order valence-electron chi connectivity index (χ0n) is 11.1. The monoisotopic (exact) mass is 244 g/mol. The predicted molar refractivity (Wildman–Crippen MR) is 65.8 cm³/mol. The van der Waals surface area contributed by atoms with E-state index in [9.17, 15) is 14.7 Å². The van der Waals surface area contributed by atoms with Gasteiger partial charge in [-0.2, -0.15) is 0 Å². The largest absolute Gasteiger partial charge is 0.481 e. The molecule has 100 valence electrons. The van der Waals surface area contributed by atoms with E-state index in [-0.39, 0.29) is 24.2 Å². The highest BCUT2D eigenvalue weighted by molar-refractivity contribution is 5.73. The minimum atomic E-state index is -0.912. The van der Waals surface area contributed by atoms with E-state index in [1.807, 2.05) is 27.7 Å². The van der Waals surface area contributed by atoms with Crippen molar-refractivity contribution in [2.75, 3.05) is 0 Å². The molecular weight excluding hydrogens is 220 g/mol. The maximum Gasteiger partial charge on any atom is 0.307 e. The molecule has 0 aliphatic carbocycles. The van der Waals surface area contributed by atoms with Crippen molar-refractivity contribution in [3.05, 3.63) is 0 Å². The van der Waals surface area contributed by atoms with Crippen LogP contribution in [0.3, 0.4) is 0 Å². The van der Waals surface area contributed by atoms with Gasteiger partial charge in [0.2, 0.25) is 0 Å². The van der Waals surface area contributed by atoms with Crippen LogP contribution >= 0.6 is 0 Å².